The summed E-state index contributed by atoms with van der Waals surface area (Å²) in [5.74, 6) is -1.27. The molecular weight excluding hydrogens is 271 g/mol. The molecule has 0 atom stereocenters. The zero-order chi connectivity index (χ0) is 13.2. The maximum Gasteiger partial charge on any atom is 0.451 e. The van der Waals surface area contributed by atoms with Gasteiger partial charge in [0, 0.05) is 18.2 Å². The SMILES string of the molecule is FC(F)(F)c1nc(Cl)cc(NCc2ccoc2)n1. The molecule has 4 nitrogen and oxygen atoms in total. The van der Waals surface area contributed by atoms with Crippen molar-refractivity contribution >= 4 is 17.4 Å². The Morgan fingerprint density at radius 3 is 2.72 bits per heavy atom. The summed E-state index contributed by atoms with van der Waals surface area (Å²) in [5, 5.41) is 2.43. The zero-order valence-electron chi connectivity index (χ0n) is 8.83. The molecule has 2 aromatic rings. The van der Waals surface area contributed by atoms with E-state index in [1.807, 2.05) is 0 Å². The van der Waals surface area contributed by atoms with Gasteiger partial charge in [-0.05, 0) is 6.07 Å². The van der Waals surface area contributed by atoms with E-state index >= 15 is 0 Å². The van der Waals surface area contributed by atoms with Crippen LogP contribution >= 0.6 is 11.6 Å². The summed E-state index contributed by atoms with van der Waals surface area (Å²) in [6.45, 7) is 0.279. The smallest absolute Gasteiger partial charge is 0.451 e. The summed E-state index contributed by atoms with van der Waals surface area (Å²) in [6, 6.07) is 2.90. The van der Waals surface area contributed by atoms with Gasteiger partial charge in [0.05, 0.1) is 12.5 Å². The van der Waals surface area contributed by atoms with E-state index in [1.165, 1.54) is 18.6 Å². The van der Waals surface area contributed by atoms with Crippen molar-refractivity contribution in [3.05, 3.63) is 41.2 Å². The number of alkyl halides is 3. The van der Waals surface area contributed by atoms with Crippen molar-refractivity contribution in [3.8, 4) is 0 Å². The normalized spacial score (nSPS) is 11.6. The molecule has 18 heavy (non-hydrogen) atoms. The number of anilines is 1. The molecule has 0 amide bonds. The van der Waals surface area contributed by atoms with E-state index < -0.39 is 12.0 Å². The van der Waals surface area contributed by atoms with Crippen LogP contribution in [0.5, 0.6) is 0 Å². The molecule has 8 heteroatoms. The van der Waals surface area contributed by atoms with E-state index in [4.69, 9.17) is 16.0 Å². The van der Waals surface area contributed by atoms with Crippen molar-refractivity contribution in [3.63, 3.8) is 0 Å². The van der Waals surface area contributed by atoms with Crippen molar-refractivity contribution in [1.29, 1.82) is 0 Å². The summed E-state index contributed by atoms with van der Waals surface area (Å²) in [6.07, 6.45) is -1.69. The molecule has 0 aromatic carbocycles. The van der Waals surface area contributed by atoms with Crippen LogP contribution in [0.4, 0.5) is 19.0 Å². The van der Waals surface area contributed by atoms with Gasteiger partial charge in [0.2, 0.25) is 5.82 Å². The van der Waals surface area contributed by atoms with Gasteiger partial charge in [0.1, 0.15) is 11.0 Å². The molecule has 0 fully saturated rings. The topological polar surface area (TPSA) is 51.0 Å². The van der Waals surface area contributed by atoms with Gasteiger partial charge < -0.3 is 9.73 Å². The lowest BCUT2D eigenvalue weighted by Gasteiger charge is -2.08. The van der Waals surface area contributed by atoms with E-state index in [1.54, 1.807) is 6.07 Å². The lowest BCUT2D eigenvalue weighted by Crippen LogP contribution is -2.13. The third kappa shape index (κ3) is 3.13. The number of rotatable bonds is 3. The molecule has 0 saturated heterocycles. The predicted molar refractivity (Wildman–Crippen MR) is 58.1 cm³/mol. The molecule has 0 bridgehead atoms. The van der Waals surface area contributed by atoms with Gasteiger partial charge in [-0.2, -0.15) is 13.2 Å². The summed E-state index contributed by atoms with van der Waals surface area (Å²) < 4.78 is 42.1. The second-order valence-electron chi connectivity index (χ2n) is 3.38. The summed E-state index contributed by atoms with van der Waals surface area (Å²) in [4.78, 5) is 6.46. The van der Waals surface area contributed by atoms with Gasteiger partial charge in [-0.15, -0.1) is 0 Å². The number of nitrogens with zero attached hydrogens (tertiary/aromatic N) is 2. The maximum absolute atomic E-state index is 12.4. The second kappa shape index (κ2) is 4.85. The number of halogens is 4. The van der Waals surface area contributed by atoms with Crippen molar-refractivity contribution < 1.29 is 17.6 Å². The standard InChI is InChI=1S/C10H7ClF3N3O/c11-7-3-8(15-4-6-1-2-18-5-6)17-9(16-7)10(12,13)14/h1-3,5H,4H2,(H,15,16,17). The Hall–Kier alpha value is -1.76. The summed E-state index contributed by atoms with van der Waals surface area (Å²) >= 11 is 5.51. The Kier molecular flexibility index (Phi) is 3.42. The Morgan fingerprint density at radius 2 is 2.11 bits per heavy atom. The van der Waals surface area contributed by atoms with Gasteiger partial charge in [0.15, 0.2) is 0 Å². The monoisotopic (exact) mass is 277 g/mol. The van der Waals surface area contributed by atoms with Crippen LogP contribution in [0.3, 0.4) is 0 Å². The van der Waals surface area contributed by atoms with Crippen molar-refractivity contribution in [2.45, 2.75) is 12.7 Å². The molecule has 0 aliphatic carbocycles. The van der Waals surface area contributed by atoms with E-state index in [0.29, 0.717) is 0 Å². The van der Waals surface area contributed by atoms with Crippen molar-refractivity contribution in [2.75, 3.05) is 5.32 Å². The minimum atomic E-state index is -4.63. The molecule has 96 valence electrons. The highest BCUT2D eigenvalue weighted by molar-refractivity contribution is 6.29. The largest absolute Gasteiger partial charge is 0.472 e. The average Bonchev–Trinajstić information content (AvgIpc) is 2.77. The number of hydrogen-bond acceptors (Lipinski definition) is 4. The maximum atomic E-state index is 12.4. The average molecular weight is 278 g/mol. The first kappa shape index (κ1) is 12.7. The molecule has 0 spiro atoms. The van der Waals surface area contributed by atoms with Gasteiger partial charge in [-0.1, -0.05) is 11.6 Å². The fourth-order valence-corrected chi connectivity index (χ4v) is 1.40. The van der Waals surface area contributed by atoms with Crippen LogP contribution in [-0.2, 0) is 12.7 Å². The predicted octanol–water partition coefficient (Wildman–Crippen LogP) is 3.35. The fourth-order valence-electron chi connectivity index (χ4n) is 1.22. The van der Waals surface area contributed by atoms with Crippen LogP contribution in [0, 0.1) is 0 Å². The Morgan fingerprint density at radius 1 is 1.33 bits per heavy atom. The molecule has 0 aliphatic rings. The number of nitrogens with one attached hydrogen (secondary N) is 1. The lowest BCUT2D eigenvalue weighted by atomic mass is 10.3. The van der Waals surface area contributed by atoms with Crippen LogP contribution in [0.1, 0.15) is 11.4 Å². The van der Waals surface area contributed by atoms with E-state index in [-0.39, 0.29) is 17.5 Å². The molecular formula is C10H7ClF3N3O. The minimum Gasteiger partial charge on any atom is -0.472 e. The highest BCUT2D eigenvalue weighted by Gasteiger charge is 2.35. The molecule has 0 radical (unpaired) electrons. The molecule has 0 saturated carbocycles. The molecule has 2 heterocycles. The first-order valence-electron chi connectivity index (χ1n) is 4.82. The summed E-state index contributed by atoms with van der Waals surface area (Å²) in [7, 11) is 0. The Balaban J connectivity index is 2.15. The van der Waals surface area contributed by atoms with Gasteiger partial charge in [-0.3, -0.25) is 0 Å². The molecule has 2 rings (SSSR count). The minimum absolute atomic E-state index is 0.00326. The fraction of sp³-hybridized carbons (Fsp3) is 0.200. The van der Waals surface area contributed by atoms with Crippen LogP contribution < -0.4 is 5.32 Å². The number of hydrogen-bond donors (Lipinski definition) is 1. The lowest BCUT2D eigenvalue weighted by molar-refractivity contribution is -0.144. The van der Waals surface area contributed by atoms with Gasteiger partial charge in [0.25, 0.3) is 0 Å². The van der Waals surface area contributed by atoms with E-state index in [0.717, 1.165) is 5.56 Å². The Bertz CT molecular complexity index is 528. The second-order valence-corrected chi connectivity index (χ2v) is 3.77. The number of furan rings is 1. The number of aromatic nitrogens is 2. The zero-order valence-corrected chi connectivity index (χ0v) is 9.59. The van der Waals surface area contributed by atoms with Crippen molar-refractivity contribution in [1.82, 2.24) is 9.97 Å². The third-order valence-electron chi connectivity index (χ3n) is 2.00. The van der Waals surface area contributed by atoms with Crippen LogP contribution in [0.25, 0.3) is 0 Å². The van der Waals surface area contributed by atoms with Gasteiger partial charge in [-0.25, -0.2) is 9.97 Å². The highest BCUT2D eigenvalue weighted by atomic mass is 35.5. The van der Waals surface area contributed by atoms with E-state index in [2.05, 4.69) is 15.3 Å². The van der Waals surface area contributed by atoms with Crippen LogP contribution in [-0.4, -0.2) is 9.97 Å². The van der Waals surface area contributed by atoms with Crippen LogP contribution in [0.15, 0.2) is 29.1 Å². The van der Waals surface area contributed by atoms with Crippen LogP contribution in [0.2, 0.25) is 5.15 Å². The quantitative estimate of drug-likeness (QED) is 0.874. The van der Waals surface area contributed by atoms with Crippen molar-refractivity contribution in [2.24, 2.45) is 0 Å². The third-order valence-corrected chi connectivity index (χ3v) is 2.20. The van der Waals surface area contributed by atoms with E-state index in [9.17, 15) is 13.2 Å². The molecule has 0 unspecified atom stereocenters. The highest BCUT2D eigenvalue weighted by Crippen LogP contribution is 2.28. The first-order chi connectivity index (χ1) is 8.45. The summed E-state index contributed by atoms with van der Waals surface area (Å²) in [5.41, 5.74) is 0.776. The molecule has 0 aliphatic heterocycles. The molecule has 2 aromatic heterocycles. The Labute approximate surface area is 105 Å². The molecule has 1 N–H and O–H groups in total. The first-order valence-corrected chi connectivity index (χ1v) is 5.19. The van der Waals surface area contributed by atoms with Gasteiger partial charge >= 0.3 is 6.18 Å².